The Balaban J connectivity index is 1.60. The molecular weight excluding hydrogens is 310 g/mol. The van der Waals surface area contributed by atoms with Gasteiger partial charge in [0.05, 0.1) is 16.5 Å². The molecule has 1 saturated heterocycles. The highest BCUT2D eigenvalue weighted by molar-refractivity contribution is 7.89. The fourth-order valence-corrected chi connectivity index (χ4v) is 5.63. The van der Waals surface area contributed by atoms with E-state index < -0.39 is 15.6 Å². The molecule has 0 aromatic heterocycles. The van der Waals surface area contributed by atoms with Gasteiger partial charge < -0.3 is 4.74 Å². The van der Waals surface area contributed by atoms with E-state index in [4.69, 9.17) is 4.74 Å². The predicted octanol–water partition coefficient (Wildman–Crippen LogP) is 2.80. The molecule has 23 heavy (non-hydrogen) atoms. The first-order valence-corrected chi connectivity index (χ1v) is 10.2. The van der Waals surface area contributed by atoms with Crippen molar-refractivity contribution in [1.82, 2.24) is 4.72 Å². The molecule has 1 aromatic carbocycles. The van der Waals surface area contributed by atoms with Crippen LogP contribution >= 0.6 is 0 Å². The molecule has 1 heterocycles. The maximum absolute atomic E-state index is 12.9. The molecule has 3 aliphatic rings. The van der Waals surface area contributed by atoms with Crippen LogP contribution in [-0.4, -0.2) is 26.7 Å². The van der Waals surface area contributed by atoms with E-state index >= 15 is 0 Å². The van der Waals surface area contributed by atoms with Crippen molar-refractivity contribution >= 4 is 10.0 Å². The number of benzene rings is 1. The Morgan fingerprint density at radius 2 is 1.91 bits per heavy atom. The fourth-order valence-electron chi connectivity index (χ4n) is 4.13. The van der Waals surface area contributed by atoms with Gasteiger partial charge in [-0.2, -0.15) is 0 Å². The van der Waals surface area contributed by atoms with Crippen molar-refractivity contribution in [1.29, 1.82) is 0 Å². The van der Waals surface area contributed by atoms with E-state index in [1.807, 2.05) is 19.1 Å². The molecule has 1 N–H and O–H groups in total. The minimum atomic E-state index is -3.50. The van der Waals surface area contributed by atoms with Crippen LogP contribution in [-0.2, 0) is 27.6 Å². The van der Waals surface area contributed by atoms with Gasteiger partial charge in [0.15, 0.2) is 0 Å². The van der Waals surface area contributed by atoms with Gasteiger partial charge >= 0.3 is 0 Å². The van der Waals surface area contributed by atoms with E-state index in [0.717, 1.165) is 38.5 Å². The summed E-state index contributed by atoms with van der Waals surface area (Å²) in [5.41, 5.74) is 2.03. The van der Waals surface area contributed by atoms with Crippen LogP contribution in [0.5, 0.6) is 0 Å². The molecule has 0 bridgehead atoms. The number of aryl methyl sites for hydroxylation is 2. The average molecular weight is 335 g/mol. The normalized spacial score (nSPS) is 31.1. The van der Waals surface area contributed by atoms with Crippen molar-refractivity contribution in [2.24, 2.45) is 5.92 Å². The van der Waals surface area contributed by atoms with Crippen LogP contribution in [0, 0.1) is 5.92 Å². The van der Waals surface area contributed by atoms with E-state index in [9.17, 15) is 8.42 Å². The summed E-state index contributed by atoms with van der Waals surface area (Å²) in [6.07, 6.45) is 7.49. The summed E-state index contributed by atoms with van der Waals surface area (Å²) in [7, 11) is -3.50. The topological polar surface area (TPSA) is 55.4 Å². The number of fused-ring (bicyclic) bond motifs is 1. The van der Waals surface area contributed by atoms with Crippen LogP contribution in [0.2, 0.25) is 0 Å². The second-order valence-corrected chi connectivity index (χ2v) is 9.22. The first-order valence-electron chi connectivity index (χ1n) is 8.75. The van der Waals surface area contributed by atoms with Crippen molar-refractivity contribution in [3.8, 4) is 0 Å². The Labute approximate surface area is 138 Å². The van der Waals surface area contributed by atoms with Crippen molar-refractivity contribution < 1.29 is 13.2 Å². The number of rotatable bonds is 4. The number of nitrogens with one attached hydrogen (secondary N) is 1. The summed E-state index contributed by atoms with van der Waals surface area (Å²) in [5.74, 6) is 0.522. The van der Waals surface area contributed by atoms with E-state index in [2.05, 4.69) is 4.72 Å². The van der Waals surface area contributed by atoms with Gasteiger partial charge in [-0.05, 0) is 81.0 Å². The lowest BCUT2D eigenvalue weighted by molar-refractivity contribution is 0.0629. The number of sulfonamides is 1. The molecule has 1 saturated carbocycles. The van der Waals surface area contributed by atoms with Crippen LogP contribution < -0.4 is 4.72 Å². The average Bonchev–Trinajstić information content (AvgIpc) is 3.29. The minimum absolute atomic E-state index is 0.0231. The SMILES string of the molecule is CC1(NS(=O)(=O)c2ccc3c(c2)CCCC3)CCOC1C1CC1. The zero-order valence-corrected chi connectivity index (χ0v) is 14.5. The maximum atomic E-state index is 12.9. The Bertz CT molecular complexity index is 711. The van der Waals surface area contributed by atoms with Crippen molar-refractivity contribution in [3.05, 3.63) is 29.3 Å². The molecule has 4 nitrogen and oxygen atoms in total. The molecule has 1 aliphatic heterocycles. The zero-order valence-electron chi connectivity index (χ0n) is 13.7. The van der Waals surface area contributed by atoms with Gasteiger partial charge in [0.1, 0.15) is 0 Å². The summed E-state index contributed by atoms with van der Waals surface area (Å²) >= 11 is 0. The number of ether oxygens (including phenoxy) is 1. The second-order valence-electron chi connectivity index (χ2n) is 7.54. The first-order chi connectivity index (χ1) is 11.0. The van der Waals surface area contributed by atoms with Crippen LogP contribution in [0.25, 0.3) is 0 Å². The van der Waals surface area contributed by atoms with Gasteiger partial charge in [0.25, 0.3) is 0 Å². The molecule has 2 aliphatic carbocycles. The molecule has 2 atom stereocenters. The van der Waals surface area contributed by atoms with Gasteiger partial charge in [-0.1, -0.05) is 6.07 Å². The van der Waals surface area contributed by atoms with Crippen LogP contribution in [0.4, 0.5) is 0 Å². The van der Waals surface area contributed by atoms with Crippen molar-refractivity contribution in [2.45, 2.75) is 68.4 Å². The zero-order chi connectivity index (χ0) is 16.1. The summed E-state index contributed by atoms with van der Waals surface area (Å²) in [6.45, 7) is 2.64. The van der Waals surface area contributed by atoms with E-state index in [1.165, 1.54) is 17.5 Å². The molecule has 2 fully saturated rings. The molecule has 1 aromatic rings. The van der Waals surface area contributed by atoms with Gasteiger partial charge in [0.2, 0.25) is 10.0 Å². The number of hydrogen-bond acceptors (Lipinski definition) is 3. The smallest absolute Gasteiger partial charge is 0.241 e. The highest BCUT2D eigenvalue weighted by Gasteiger charge is 2.50. The van der Waals surface area contributed by atoms with Gasteiger partial charge in [-0.25, -0.2) is 13.1 Å². The van der Waals surface area contributed by atoms with Gasteiger partial charge in [-0.15, -0.1) is 0 Å². The maximum Gasteiger partial charge on any atom is 0.241 e. The molecule has 5 heteroatoms. The Hall–Kier alpha value is -0.910. The molecule has 0 spiro atoms. The molecular formula is C18H25NO3S. The monoisotopic (exact) mass is 335 g/mol. The molecule has 0 amide bonds. The van der Waals surface area contributed by atoms with E-state index in [1.54, 1.807) is 6.07 Å². The largest absolute Gasteiger partial charge is 0.376 e. The fraction of sp³-hybridized carbons (Fsp3) is 0.667. The standard InChI is InChI=1S/C18H25NO3S/c1-18(10-11-22-17(18)14-6-7-14)19-23(20,21)16-9-8-13-4-2-3-5-15(13)12-16/h8-9,12,14,17,19H,2-7,10-11H2,1H3. The molecule has 4 rings (SSSR count). The second kappa shape index (κ2) is 5.57. The van der Waals surface area contributed by atoms with Crippen molar-refractivity contribution in [2.75, 3.05) is 6.61 Å². The Morgan fingerprint density at radius 1 is 1.17 bits per heavy atom. The third-order valence-electron chi connectivity index (χ3n) is 5.59. The van der Waals surface area contributed by atoms with E-state index in [0.29, 0.717) is 17.4 Å². The highest BCUT2D eigenvalue weighted by atomic mass is 32.2. The van der Waals surface area contributed by atoms with Crippen LogP contribution in [0.15, 0.2) is 23.1 Å². The lowest BCUT2D eigenvalue weighted by atomic mass is 9.92. The van der Waals surface area contributed by atoms with Crippen molar-refractivity contribution in [3.63, 3.8) is 0 Å². The number of hydrogen-bond donors (Lipinski definition) is 1. The summed E-state index contributed by atoms with van der Waals surface area (Å²) < 4.78 is 34.6. The van der Waals surface area contributed by atoms with Crippen LogP contribution in [0.3, 0.4) is 0 Å². The summed E-state index contributed by atoms with van der Waals surface area (Å²) in [6, 6.07) is 5.63. The van der Waals surface area contributed by atoms with Gasteiger partial charge in [-0.3, -0.25) is 0 Å². The molecule has 126 valence electrons. The van der Waals surface area contributed by atoms with E-state index in [-0.39, 0.29) is 6.10 Å². The first kappa shape index (κ1) is 15.6. The summed E-state index contributed by atoms with van der Waals surface area (Å²) in [5, 5.41) is 0. The minimum Gasteiger partial charge on any atom is -0.376 e. The third kappa shape index (κ3) is 2.94. The van der Waals surface area contributed by atoms with Crippen LogP contribution in [0.1, 0.15) is 50.2 Å². The quantitative estimate of drug-likeness (QED) is 0.920. The molecule has 0 radical (unpaired) electrons. The lowest BCUT2D eigenvalue weighted by Crippen LogP contribution is -2.52. The Morgan fingerprint density at radius 3 is 2.65 bits per heavy atom. The highest BCUT2D eigenvalue weighted by Crippen LogP contribution is 2.43. The molecule has 2 unspecified atom stereocenters. The Kier molecular flexibility index (Phi) is 3.78. The lowest BCUT2D eigenvalue weighted by Gasteiger charge is -2.31. The third-order valence-corrected chi connectivity index (χ3v) is 7.20. The predicted molar refractivity (Wildman–Crippen MR) is 88.9 cm³/mol. The van der Waals surface area contributed by atoms with Gasteiger partial charge in [0, 0.05) is 6.61 Å². The summed E-state index contributed by atoms with van der Waals surface area (Å²) in [4.78, 5) is 0.404.